The predicted molar refractivity (Wildman–Crippen MR) is 62.4 cm³/mol. The molecule has 80 valence electrons. The molecule has 0 radical (unpaired) electrons. The summed E-state index contributed by atoms with van der Waals surface area (Å²) in [6.07, 6.45) is 18.6. The van der Waals surface area contributed by atoms with Gasteiger partial charge in [0.25, 0.3) is 0 Å². The Kier molecular flexibility index (Phi) is 4.09. The maximum atomic E-state index is 2.56. The molecule has 0 heteroatoms. The van der Waals surface area contributed by atoms with Crippen molar-refractivity contribution in [1.29, 1.82) is 0 Å². The van der Waals surface area contributed by atoms with E-state index in [4.69, 9.17) is 0 Å². The highest BCUT2D eigenvalue weighted by atomic mass is 14.2. The monoisotopic (exact) mass is 192 g/mol. The molecule has 0 saturated heterocycles. The molecule has 0 nitrogen and oxygen atoms in total. The Morgan fingerprint density at radius 3 is 2.14 bits per heavy atom. The minimum absolute atomic E-state index is 1.07. The molecular formula is C14H24. The van der Waals surface area contributed by atoms with Gasteiger partial charge in [-0.2, -0.15) is 0 Å². The van der Waals surface area contributed by atoms with Gasteiger partial charge in [0.1, 0.15) is 0 Å². The second kappa shape index (κ2) is 5.58. The van der Waals surface area contributed by atoms with Crippen LogP contribution < -0.4 is 0 Å². The highest BCUT2D eigenvalue weighted by molar-refractivity contribution is 5.02. The molecule has 3 rings (SSSR count). The van der Waals surface area contributed by atoms with Gasteiger partial charge in [0, 0.05) is 0 Å². The van der Waals surface area contributed by atoms with Crippen molar-refractivity contribution in [2.24, 2.45) is 5.92 Å². The summed E-state index contributed by atoms with van der Waals surface area (Å²) in [5.41, 5.74) is 1.78. The Hall–Kier alpha value is -0.260. The zero-order chi connectivity index (χ0) is 9.64. The van der Waals surface area contributed by atoms with Crippen LogP contribution in [0.1, 0.15) is 70.6 Å². The lowest BCUT2D eigenvalue weighted by molar-refractivity contribution is 0.368. The first-order chi connectivity index (χ1) is 6.95. The topological polar surface area (TPSA) is 0 Å². The van der Waals surface area contributed by atoms with Crippen molar-refractivity contribution in [1.82, 2.24) is 0 Å². The molecule has 0 heterocycles. The van der Waals surface area contributed by atoms with Gasteiger partial charge >= 0.3 is 0 Å². The Morgan fingerprint density at radius 1 is 0.786 bits per heavy atom. The third-order valence-corrected chi connectivity index (χ3v) is 3.97. The van der Waals surface area contributed by atoms with Gasteiger partial charge in [-0.25, -0.2) is 0 Å². The van der Waals surface area contributed by atoms with E-state index >= 15 is 0 Å². The van der Waals surface area contributed by atoms with Crippen LogP contribution in [0, 0.1) is 5.92 Å². The van der Waals surface area contributed by atoms with Gasteiger partial charge in [-0.05, 0) is 44.4 Å². The summed E-state index contributed by atoms with van der Waals surface area (Å²) in [6.45, 7) is 0. The maximum Gasteiger partial charge on any atom is -0.0320 e. The maximum absolute atomic E-state index is 2.56. The zero-order valence-corrected chi connectivity index (χ0v) is 9.43. The van der Waals surface area contributed by atoms with Crippen molar-refractivity contribution < 1.29 is 0 Å². The number of hydrogen-bond acceptors (Lipinski definition) is 0. The Morgan fingerprint density at radius 2 is 1.43 bits per heavy atom. The molecule has 0 aromatic rings. The molecule has 0 N–H and O–H groups in total. The smallest absolute Gasteiger partial charge is 0.0320 e. The van der Waals surface area contributed by atoms with Gasteiger partial charge in [0.2, 0.25) is 0 Å². The van der Waals surface area contributed by atoms with Crippen LogP contribution in [0.25, 0.3) is 0 Å². The second-order valence-corrected chi connectivity index (χ2v) is 5.15. The quantitative estimate of drug-likeness (QED) is 0.481. The average molecular weight is 192 g/mol. The van der Waals surface area contributed by atoms with Crippen LogP contribution in [0.3, 0.4) is 0 Å². The van der Waals surface area contributed by atoms with Gasteiger partial charge in [-0.15, -0.1) is 0 Å². The molecule has 3 aliphatic rings. The van der Waals surface area contributed by atoms with E-state index in [0.29, 0.717) is 0 Å². The van der Waals surface area contributed by atoms with Gasteiger partial charge < -0.3 is 0 Å². The molecule has 1 fully saturated rings. The summed E-state index contributed by atoms with van der Waals surface area (Å²) in [5.74, 6) is 1.07. The van der Waals surface area contributed by atoms with Gasteiger partial charge in [0.05, 0.1) is 0 Å². The summed E-state index contributed by atoms with van der Waals surface area (Å²) in [6, 6.07) is 0. The normalized spacial score (nSPS) is 30.3. The summed E-state index contributed by atoms with van der Waals surface area (Å²) >= 11 is 0. The van der Waals surface area contributed by atoms with Crippen LogP contribution in [-0.2, 0) is 0 Å². The first-order valence-electron chi connectivity index (χ1n) is 6.63. The molecule has 0 aliphatic heterocycles. The SMILES string of the molecule is C1=C2CCCCC(CCC1)CCCC2. The molecule has 0 spiro atoms. The van der Waals surface area contributed by atoms with Crippen LogP contribution in [0.4, 0.5) is 0 Å². The number of fused-ring (bicyclic) bond motifs is 9. The van der Waals surface area contributed by atoms with Gasteiger partial charge in [-0.3, -0.25) is 0 Å². The van der Waals surface area contributed by atoms with Gasteiger partial charge in [-0.1, -0.05) is 43.8 Å². The van der Waals surface area contributed by atoms with Crippen molar-refractivity contribution in [2.75, 3.05) is 0 Å². The number of hydrogen-bond donors (Lipinski definition) is 0. The first-order valence-corrected chi connectivity index (χ1v) is 6.63. The molecule has 0 aromatic carbocycles. The Bertz CT molecular complexity index is 176. The van der Waals surface area contributed by atoms with Crippen LogP contribution in [0.5, 0.6) is 0 Å². The predicted octanol–water partition coefficient (Wildman–Crippen LogP) is 4.85. The largest absolute Gasteiger partial charge is 0.0853 e. The Labute approximate surface area is 88.8 Å². The van der Waals surface area contributed by atoms with Gasteiger partial charge in [0.15, 0.2) is 0 Å². The molecular weight excluding hydrogens is 168 g/mol. The molecule has 0 aromatic heterocycles. The lowest BCUT2D eigenvalue weighted by Gasteiger charge is -2.21. The van der Waals surface area contributed by atoms with Crippen molar-refractivity contribution >= 4 is 0 Å². The van der Waals surface area contributed by atoms with E-state index in [1.165, 1.54) is 70.6 Å². The average Bonchev–Trinajstić information content (AvgIpc) is 2.25. The molecule has 0 amide bonds. The van der Waals surface area contributed by atoms with E-state index in [1.54, 1.807) is 5.57 Å². The summed E-state index contributed by atoms with van der Waals surface area (Å²) in [5, 5.41) is 0. The molecule has 0 unspecified atom stereocenters. The van der Waals surface area contributed by atoms with E-state index in [9.17, 15) is 0 Å². The van der Waals surface area contributed by atoms with Crippen molar-refractivity contribution in [3.8, 4) is 0 Å². The van der Waals surface area contributed by atoms with E-state index in [-0.39, 0.29) is 0 Å². The van der Waals surface area contributed by atoms with Crippen LogP contribution in [0.2, 0.25) is 0 Å². The van der Waals surface area contributed by atoms with Crippen LogP contribution >= 0.6 is 0 Å². The van der Waals surface area contributed by atoms with E-state index in [2.05, 4.69) is 6.08 Å². The third kappa shape index (κ3) is 3.15. The fraction of sp³-hybridized carbons (Fsp3) is 0.857. The van der Waals surface area contributed by atoms with E-state index in [1.807, 2.05) is 0 Å². The summed E-state index contributed by atoms with van der Waals surface area (Å²) < 4.78 is 0. The van der Waals surface area contributed by atoms with Crippen LogP contribution in [0.15, 0.2) is 11.6 Å². The molecule has 2 bridgehead atoms. The van der Waals surface area contributed by atoms with Crippen molar-refractivity contribution in [3.05, 3.63) is 11.6 Å². The zero-order valence-electron chi connectivity index (χ0n) is 9.43. The molecule has 14 heavy (non-hydrogen) atoms. The summed E-state index contributed by atoms with van der Waals surface area (Å²) in [7, 11) is 0. The second-order valence-electron chi connectivity index (χ2n) is 5.15. The van der Waals surface area contributed by atoms with Crippen molar-refractivity contribution in [3.63, 3.8) is 0 Å². The minimum atomic E-state index is 1.07. The lowest BCUT2D eigenvalue weighted by Crippen LogP contribution is -2.04. The minimum Gasteiger partial charge on any atom is -0.0853 e. The molecule has 3 aliphatic carbocycles. The first kappa shape index (κ1) is 10.3. The third-order valence-electron chi connectivity index (χ3n) is 3.97. The highest BCUT2D eigenvalue weighted by Gasteiger charge is 2.12. The molecule has 0 atom stereocenters. The Balaban J connectivity index is 2.02. The molecule has 1 saturated carbocycles. The van der Waals surface area contributed by atoms with E-state index in [0.717, 1.165) is 5.92 Å². The number of rotatable bonds is 0. The highest BCUT2D eigenvalue weighted by Crippen LogP contribution is 2.29. The number of allylic oxidation sites excluding steroid dienone is 2. The van der Waals surface area contributed by atoms with Crippen LogP contribution in [-0.4, -0.2) is 0 Å². The van der Waals surface area contributed by atoms with E-state index < -0.39 is 0 Å². The fourth-order valence-corrected chi connectivity index (χ4v) is 3.04. The lowest BCUT2D eigenvalue weighted by atomic mass is 9.85. The fourth-order valence-electron chi connectivity index (χ4n) is 3.04. The standard InChI is InChI=1S/C14H24/c1-2-8-14-11-5-3-9-13(7-1)10-4-6-12-14/h7,14H,1-6,8-12H2. The van der Waals surface area contributed by atoms with Crippen molar-refractivity contribution in [2.45, 2.75) is 70.6 Å². The summed E-state index contributed by atoms with van der Waals surface area (Å²) in [4.78, 5) is 0.